The molecule has 0 saturated heterocycles. The molecule has 2 N–H and O–H groups in total. The second-order valence-corrected chi connectivity index (χ2v) is 6.19. The van der Waals surface area contributed by atoms with Gasteiger partial charge in [0.05, 0.1) is 12.2 Å². The number of hydrogen-bond donors (Lipinski definition) is 2. The number of fused-ring (bicyclic) bond motifs is 1. The molecule has 126 valence electrons. The molecule has 7 heteroatoms. The van der Waals surface area contributed by atoms with Crippen LogP contribution in [0.25, 0.3) is 0 Å². The first kappa shape index (κ1) is 16.6. The van der Waals surface area contributed by atoms with Gasteiger partial charge >= 0.3 is 0 Å². The second-order valence-electron chi connectivity index (χ2n) is 5.34. The van der Waals surface area contributed by atoms with E-state index in [4.69, 9.17) is 9.47 Å². The van der Waals surface area contributed by atoms with Crippen LogP contribution in [0.1, 0.15) is 5.56 Å². The minimum atomic E-state index is -0.349. The van der Waals surface area contributed by atoms with E-state index in [9.17, 15) is 9.18 Å². The maximum atomic E-state index is 13.3. The normalized spacial score (nSPS) is 12.6. The van der Waals surface area contributed by atoms with Gasteiger partial charge in [-0.25, -0.2) is 4.39 Å². The molecule has 24 heavy (non-hydrogen) atoms. The van der Waals surface area contributed by atoms with Crippen LogP contribution in [0.3, 0.4) is 0 Å². The van der Waals surface area contributed by atoms with Gasteiger partial charge < -0.3 is 20.1 Å². The fraction of sp³-hybridized carbons (Fsp3) is 0.235. The second kappa shape index (κ2) is 7.09. The van der Waals surface area contributed by atoms with Crippen molar-refractivity contribution in [3.05, 3.63) is 46.2 Å². The van der Waals surface area contributed by atoms with Crippen LogP contribution in [0.5, 0.6) is 11.5 Å². The molecule has 0 fully saturated rings. The average Bonchev–Trinajstić information content (AvgIpc) is 2.56. The molecule has 1 amide bonds. The number of hydrogen-bond acceptors (Lipinski definition) is 4. The number of halogens is 2. The lowest BCUT2D eigenvalue weighted by Crippen LogP contribution is -2.22. The van der Waals surface area contributed by atoms with E-state index >= 15 is 0 Å². The van der Waals surface area contributed by atoms with Gasteiger partial charge in [0.25, 0.3) is 0 Å². The van der Waals surface area contributed by atoms with E-state index in [1.54, 1.807) is 18.2 Å². The summed E-state index contributed by atoms with van der Waals surface area (Å²) in [6.45, 7) is 2.84. The van der Waals surface area contributed by atoms with Gasteiger partial charge in [-0.2, -0.15) is 0 Å². The zero-order valence-electron chi connectivity index (χ0n) is 13.0. The topological polar surface area (TPSA) is 59.6 Å². The van der Waals surface area contributed by atoms with Crippen LogP contribution >= 0.6 is 15.9 Å². The Bertz CT molecular complexity index is 783. The molecule has 0 radical (unpaired) electrons. The molecule has 0 unspecified atom stereocenters. The quantitative estimate of drug-likeness (QED) is 0.829. The number of rotatable bonds is 4. The van der Waals surface area contributed by atoms with Gasteiger partial charge in [-0.15, -0.1) is 0 Å². The Morgan fingerprint density at radius 1 is 1.17 bits per heavy atom. The Labute approximate surface area is 147 Å². The van der Waals surface area contributed by atoms with Crippen molar-refractivity contribution in [2.45, 2.75) is 6.92 Å². The number of anilines is 2. The summed E-state index contributed by atoms with van der Waals surface area (Å²) in [6.07, 6.45) is 0. The highest BCUT2D eigenvalue weighted by atomic mass is 79.9. The van der Waals surface area contributed by atoms with Crippen LogP contribution in [-0.2, 0) is 4.79 Å². The Morgan fingerprint density at radius 3 is 2.62 bits per heavy atom. The highest BCUT2D eigenvalue weighted by molar-refractivity contribution is 9.10. The van der Waals surface area contributed by atoms with Crippen LogP contribution in [0.2, 0.25) is 0 Å². The molecule has 0 aliphatic carbocycles. The van der Waals surface area contributed by atoms with Crippen molar-refractivity contribution in [3.8, 4) is 11.5 Å². The molecule has 2 aromatic rings. The van der Waals surface area contributed by atoms with Crippen LogP contribution in [0, 0.1) is 12.7 Å². The van der Waals surface area contributed by atoms with Crippen molar-refractivity contribution < 1.29 is 18.7 Å². The minimum Gasteiger partial charge on any atom is -0.486 e. The molecule has 1 aliphatic rings. The molecule has 5 nitrogen and oxygen atoms in total. The molecule has 1 heterocycles. The van der Waals surface area contributed by atoms with Crippen LogP contribution in [0.4, 0.5) is 15.8 Å². The minimum absolute atomic E-state index is 0.0190. The molecule has 0 spiro atoms. The summed E-state index contributed by atoms with van der Waals surface area (Å²) in [5.41, 5.74) is 2.04. The van der Waals surface area contributed by atoms with Crippen molar-refractivity contribution >= 4 is 33.2 Å². The zero-order valence-corrected chi connectivity index (χ0v) is 14.6. The van der Waals surface area contributed by atoms with Crippen molar-refractivity contribution in [2.75, 3.05) is 30.4 Å². The van der Waals surface area contributed by atoms with Crippen molar-refractivity contribution in [1.82, 2.24) is 0 Å². The SMILES string of the molecule is Cc1ccc(F)cc1NCC(=O)Nc1cc2c(cc1Br)OCCO2. The first-order valence-corrected chi connectivity index (χ1v) is 8.21. The van der Waals surface area contributed by atoms with Gasteiger partial charge in [-0.1, -0.05) is 6.07 Å². The predicted molar refractivity (Wildman–Crippen MR) is 93.4 cm³/mol. The number of amides is 1. The maximum Gasteiger partial charge on any atom is 0.243 e. The number of benzene rings is 2. The Hall–Kier alpha value is -2.28. The highest BCUT2D eigenvalue weighted by Crippen LogP contribution is 2.38. The first-order chi connectivity index (χ1) is 11.5. The van der Waals surface area contributed by atoms with Crippen molar-refractivity contribution in [3.63, 3.8) is 0 Å². The van der Waals surface area contributed by atoms with Gasteiger partial charge in [0.2, 0.25) is 5.91 Å². The fourth-order valence-electron chi connectivity index (χ4n) is 2.31. The molecule has 1 aliphatic heterocycles. The van der Waals surface area contributed by atoms with Gasteiger partial charge in [0.15, 0.2) is 11.5 Å². The molecule has 2 aromatic carbocycles. The monoisotopic (exact) mass is 394 g/mol. The van der Waals surface area contributed by atoms with Crippen LogP contribution < -0.4 is 20.1 Å². The third kappa shape index (κ3) is 3.79. The smallest absolute Gasteiger partial charge is 0.243 e. The maximum absolute atomic E-state index is 13.3. The van der Waals surface area contributed by atoms with Crippen molar-refractivity contribution in [2.24, 2.45) is 0 Å². The fourth-order valence-corrected chi connectivity index (χ4v) is 2.74. The standard InChI is InChI=1S/C17H16BrFN2O3/c1-10-2-3-11(19)6-13(10)20-9-17(22)21-14-8-16-15(7-12(14)18)23-4-5-24-16/h2-3,6-8,20H,4-5,9H2,1H3,(H,21,22). The lowest BCUT2D eigenvalue weighted by Gasteiger charge is -2.20. The first-order valence-electron chi connectivity index (χ1n) is 7.42. The summed E-state index contributed by atoms with van der Waals surface area (Å²) in [5, 5.41) is 5.72. The van der Waals surface area contributed by atoms with Gasteiger partial charge in [0, 0.05) is 22.3 Å². The third-order valence-electron chi connectivity index (χ3n) is 3.54. The summed E-state index contributed by atoms with van der Waals surface area (Å²) in [6, 6.07) is 7.88. The van der Waals surface area contributed by atoms with Gasteiger partial charge in [-0.3, -0.25) is 4.79 Å². The summed E-state index contributed by atoms with van der Waals surface area (Å²) < 4.78 is 24.9. The van der Waals surface area contributed by atoms with E-state index in [1.807, 2.05) is 6.92 Å². The Kier molecular flexibility index (Phi) is 4.89. The van der Waals surface area contributed by atoms with E-state index in [1.165, 1.54) is 12.1 Å². The summed E-state index contributed by atoms with van der Waals surface area (Å²) in [4.78, 5) is 12.1. The van der Waals surface area contributed by atoms with E-state index in [0.717, 1.165) is 5.56 Å². The van der Waals surface area contributed by atoms with Crippen LogP contribution in [-0.4, -0.2) is 25.7 Å². The lowest BCUT2D eigenvalue weighted by atomic mass is 10.2. The van der Waals surface area contributed by atoms with Gasteiger partial charge in [-0.05, 0) is 40.5 Å². The highest BCUT2D eigenvalue weighted by Gasteiger charge is 2.16. The summed E-state index contributed by atoms with van der Waals surface area (Å²) in [7, 11) is 0. The Morgan fingerprint density at radius 2 is 1.88 bits per heavy atom. The van der Waals surface area contributed by atoms with E-state index in [0.29, 0.717) is 40.6 Å². The molecule has 0 aromatic heterocycles. The number of ether oxygens (including phenoxy) is 2. The Balaban J connectivity index is 1.65. The molecule has 3 rings (SSSR count). The zero-order chi connectivity index (χ0) is 17.1. The molecule has 0 saturated carbocycles. The van der Waals surface area contributed by atoms with Gasteiger partial charge in [0.1, 0.15) is 19.0 Å². The molecular formula is C17H16BrFN2O3. The summed E-state index contributed by atoms with van der Waals surface area (Å²) >= 11 is 3.40. The predicted octanol–water partition coefficient (Wildman–Crippen LogP) is 3.72. The number of nitrogens with one attached hydrogen (secondary N) is 2. The van der Waals surface area contributed by atoms with Crippen molar-refractivity contribution in [1.29, 1.82) is 0 Å². The molecule has 0 atom stereocenters. The largest absolute Gasteiger partial charge is 0.486 e. The molecular weight excluding hydrogens is 379 g/mol. The number of carbonyl (C=O) groups is 1. The van der Waals surface area contributed by atoms with Crippen LogP contribution in [0.15, 0.2) is 34.8 Å². The van der Waals surface area contributed by atoms with E-state index < -0.39 is 0 Å². The molecule has 0 bridgehead atoms. The van der Waals surface area contributed by atoms with E-state index in [-0.39, 0.29) is 18.3 Å². The van der Waals surface area contributed by atoms with E-state index in [2.05, 4.69) is 26.6 Å². The number of aryl methyl sites for hydroxylation is 1. The average molecular weight is 395 g/mol. The third-order valence-corrected chi connectivity index (χ3v) is 4.20. The lowest BCUT2D eigenvalue weighted by molar-refractivity contribution is -0.114. The number of carbonyl (C=O) groups excluding carboxylic acids is 1. The summed E-state index contributed by atoms with van der Waals surface area (Å²) in [5.74, 6) is 0.627.